The minimum absolute atomic E-state index is 0.0723. The van der Waals surface area contributed by atoms with Crippen molar-refractivity contribution < 1.29 is 34.5 Å². The van der Waals surface area contributed by atoms with E-state index in [0.717, 1.165) is 0 Å². The van der Waals surface area contributed by atoms with Gasteiger partial charge in [0.15, 0.2) is 6.04 Å². The predicted molar refractivity (Wildman–Crippen MR) is 114 cm³/mol. The Morgan fingerprint density at radius 1 is 1.00 bits per heavy atom. The van der Waals surface area contributed by atoms with Crippen molar-refractivity contribution >= 4 is 36.3 Å². The highest BCUT2D eigenvalue weighted by Gasteiger charge is 2.31. The quantitative estimate of drug-likeness (QED) is 0.157. The minimum Gasteiger partial charge on any atom is -0.480 e. The molecule has 5 unspecified atom stereocenters. The molecule has 0 heterocycles. The van der Waals surface area contributed by atoms with E-state index in [1.54, 1.807) is 30.3 Å². The Hall–Kier alpha value is -2.67. The fourth-order valence-electron chi connectivity index (χ4n) is 2.53. The predicted octanol–water partition coefficient (Wildman–Crippen LogP) is -2.60. The lowest BCUT2D eigenvalue weighted by Crippen LogP contribution is -2.59. The second-order valence-electron chi connectivity index (χ2n) is 6.85. The molecule has 0 aliphatic rings. The van der Waals surface area contributed by atoms with Gasteiger partial charge < -0.3 is 37.0 Å². The normalized spacial score (nSPS) is 15.6. The van der Waals surface area contributed by atoms with Crippen molar-refractivity contribution in [3.8, 4) is 0 Å². The van der Waals surface area contributed by atoms with Crippen LogP contribution in [0.15, 0.2) is 30.3 Å². The Bertz CT molecular complexity index is 763. The Balaban J connectivity index is 2.96. The highest BCUT2D eigenvalue weighted by Crippen LogP contribution is 2.05. The zero-order valence-electron chi connectivity index (χ0n) is 16.9. The van der Waals surface area contributed by atoms with Gasteiger partial charge in [0, 0.05) is 12.2 Å². The summed E-state index contributed by atoms with van der Waals surface area (Å²) in [5.41, 5.74) is 6.21. The molecule has 0 saturated carbocycles. The maximum absolute atomic E-state index is 12.8. The molecule has 0 aromatic heterocycles. The second kappa shape index (κ2) is 12.9. The Labute approximate surface area is 184 Å². The van der Waals surface area contributed by atoms with Gasteiger partial charge in [0.05, 0.1) is 12.7 Å². The molecule has 0 radical (unpaired) electrons. The van der Waals surface area contributed by atoms with Gasteiger partial charge in [-0.1, -0.05) is 30.3 Å². The minimum atomic E-state index is -1.57. The zero-order valence-corrected chi connectivity index (χ0v) is 17.8. The third-order valence-electron chi connectivity index (χ3n) is 4.31. The molecular weight excluding hydrogens is 428 g/mol. The number of carboxylic acid groups (broad SMARTS) is 1. The number of benzene rings is 1. The lowest BCUT2D eigenvalue weighted by Gasteiger charge is -2.25. The molecule has 1 rings (SSSR count). The molecular formula is C19H28N4O7S. The third-order valence-corrected chi connectivity index (χ3v) is 4.68. The number of nitrogens with one attached hydrogen (secondary N) is 3. The smallest absolute Gasteiger partial charge is 0.328 e. The van der Waals surface area contributed by atoms with Crippen LogP contribution in [-0.4, -0.2) is 81.6 Å². The standard InChI is InChI=1S/C19H28N4O7S/c1-10(25)15(19(29)30)23-18(28)14(9-31)22-17(27)13(21-16(26)12(20)8-24)7-11-5-3-2-4-6-11/h2-6,10,12-15,24-25,31H,7-9,20H2,1H3,(H,21,26)(H,22,27)(H,23,28)(H,29,30). The average Bonchev–Trinajstić information content (AvgIpc) is 2.74. The van der Waals surface area contributed by atoms with E-state index in [-0.39, 0.29) is 12.2 Å². The first kappa shape index (κ1) is 26.4. The Morgan fingerprint density at radius 2 is 1.55 bits per heavy atom. The van der Waals surface area contributed by atoms with E-state index in [1.807, 2.05) is 0 Å². The molecule has 0 fully saturated rings. The van der Waals surface area contributed by atoms with Crippen LogP contribution in [-0.2, 0) is 25.6 Å². The summed E-state index contributed by atoms with van der Waals surface area (Å²) in [4.78, 5) is 48.5. The summed E-state index contributed by atoms with van der Waals surface area (Å²) in [6, 6.07) is 3.57. The van der Waals surface area contributed by atoms with E-state index in [9.17, 15) is 24.3 Å². The van der Waals surface area contributed by atoms with Crippen molar-refractivity contribution in [3.05, 3.63) is 35.9 Å². The van der Waals surface area contributed by atoms with Crippen molar-refractivity contribution in [3.63, 3.8) is 0 Å². The van der Waals surface area contributed by atoms with Crippen LogP contribution in [0.1, 0.15) is 12.5 Å². The van der Waals surface area contributed by atoms with E-state index < -0.39 is 60.6 Å². The van der Waals surface area contributed by atoms with Gasteiger partial charge in [-0.3, -0.25) is 14.4 Å². The van der Waals surface area contributed by atoms with E-state index in [1.165, 1.54) is 6.92 Å². The summed E-state index contributed by atoms with van der Waals surface area (Å²) in [6.45, 7) is 0.576. The van der Waals surface area contributed by atoms with E-state index in [4.69, 9.17) is 15.9 Å². The zero-order chi connectivity index (χ0) is 23.6. The Morgan fingerprint density at radius 3 is 2.03 bits per heavy atom. The largest absolute Gasteiger partial charge is 0.480 e. The number of hydrogen-bond acceptors (Lipinski definition) is 8. The number of aliphatic hydroxyl groups excluding tert-OH is 2. The van der Waals surface area contributed by atoms with E-state index >= 15 is 0 Å². The molecule has 0 aliphatic heterocycles. The van der Waals surface area contributed by atoms with Crippen LogP contribution < -0.4 is 21.7 Å². The number of amides is 3. The molecule has 11 nitrogen and oxygen atoms in total. The van der Waals surface area contributed by atoms with Crippen molar-refractivity contribution in [1.29, 1.82) is 0 Å². The molecule has 172 valence electrons. The molecule has 0 saturated heterocycles. The topological polar surface area (TPSA) is 191 Å². The van der Waals surface area contributed by atoms with Crippen molar-refractivity contribution in [2.24, 2.45) is 5.73 Å². The van der Waals surface area contributed by atoms with E-state index in [0.29, 0.717) is 5.56 Å². The number of aliphatic carboxylic acids is 1. The van der Waals surface area contributed by atoms with E-state index in [2.05, 4.69) is 28.6 Å². The number of aliphatic hydroxyl groups is 2. The van der Waals surface area contributed by atoms with Crippen molar-refractivity contribution in [1.82, 2.24) is 16.0 Å². The first-order valence-electron chi connectivity index (χ1n) is 9.43. The van der Waals surface area contributed by atoms with Gasteiger partial charge in [0.2, 0.25) is 17.7 Å². The van der Waals surface area contributed by atoms with Crippen LogP contribution in [0.2, 0.25) is 0 Å². The maximum atomic E-state index is 12.8. The lowest BCUT2D eigenvalue weighted by atomic mass is 10.0. The second-order valence-corrected chi connectivity index (χ2v) is 7.21. The van der Waals surface area contributed by atoms with Gasteiger partial charge >= 0.3 is 5.97 Å². The number of rotatable bonds is 12. The summed E-state index contributed by atoms with van der Waals surface area (Å²) in [5.74, 6) is -3.98. The van der Waals surface area contributed by atoms with Crippen molar-refractivity contribution in [2.45, 2.75) is 43.6 Å². The van der Waals surface area contributed by atoms with Crippen LogP contribution in [0.5, 0.6) is 0 Å². The first-order valence-corrected chi connectivity index (χ1v) is 10.1. The molecule has 3 amide bonds. The summed E-state index contributed by atoms with van der Waals surface area (Å²) in [7, 11) is 0. The van der Waals surface area contributed by atoms with Crippen LogP contribution in [0.4, 0.5) is 0 Å². The molecule has 1 aromatic rings. The monoisotopic (exact) mass is 456 g/mol. The van der Waals surface area contributed by atoms with Crippen LogP contribution in [0, 0.1) is 0 Å². The van der Waals surface area contributed by atoms with Crippen molar-refractivity contribution in [2.75, 3.05) is 12.4 Å². The van der Waals surface area contributed by atoms with Gasteiger partial charge in [-0.25, -0.2) is 4.79 Å². The van der Waals surface area contributed by atoms with Crippen LogP contribution in [0.25, 0.3) is 0 Å². The van der Waals surface area contributed by atoms with Crippen LogP contribution >= 0.6 is 12.6 Å². The number of carboxylic acids is 1. The van der Waals surface area contributed by atoms with Crippen LogP contribution in [0.3, 0.4) is 0 Å². The molecule has 1 aromatic carbocycles. The molecule has 8 N–H and O–H groups in total. The Kier molecular flexibility index (Phi) is 11.0. The SMILES string of the molecule is CC(O)C(NC(=O)C(CS)NC(=O)C(Cc1ccccc1)NC(=O)C(N)CO)C(=O)O. The van der Waals surface area contributed by atoms with Gasteiger partial charge in [0.25, 0.3) is 0 Å². The fraction of sp³-hybridized carbons (Fsp3) is 0.474. The highest BCUT2D eigenvalue weighted by atomic mass is 32.1. The van der Waals surface area contributed by atoms with Gasteiger partial charge in [-0.05, 0) is 12.5 Å². The van der Waals surface area contributed by atoms with Gasteiger partial charge in [0.1, 0.15) is 18.1 Å². The molecule has 0 spiro atoms. The number of hydrogen-bond donors (Lipinski definition) is 8. The summed E-state index contributed by atoms with van der Waals surface area (Å²) < 4.78 is 0. The lowest BCUT2D eigenvalue weighted by molar-refractivity contribution is -0.145. The summed E-state index contributed by atoms with van der Waals surface area (Å²) in [5, 5.41) is 34.6. The molecule has 0 bridgehead atoms. The molecule has 12 heteroatoms. The maximum Gasteiger partial charge on any atom is 0.328 e. The highest BCUT2D eigenvalue weighted by molar-refractivity contribution is 7.80. The first-order chi connectivity index (χ1) is 14.6. The van der Waals surface area contributed by atoms with Gasteiger partial charge in [-0.15, -0.1) is 0 Å². The average molecular weight is 457 g/mol. The van der Waals surface area contributed by atoms with Gasteiger partial charge in [-0.2, -0.15) is 12.6 Å². The number of carbonyl (C=O) groups excluding carboxylic acids is 3. The fourth-order valence-corrected chi connectivity index (χ4v) is 2.79. The molecule has 5 atom stereocenters. The molecule has 0 aliphatic carbocycles. The summed E-state index contributed by atoms with van der Waals surface area (Å²) in [6.07, 6.45) is -1.30. The third kappa shape index (κ3) is 8.53. The number of nitrogens with two attached hydrogens (primary N) is 1. The number of thiol groups is 1. The number of carbonyl (C=O) groups is 4. The molecule has 31 heavy (non-hydrogen) atoms. The summed E-state index contributed by atoms with van der Waals surface area (Å²) >= 11 is 4.01.